The van der Waals surface area contributed by atoms with Crippen molar-refractivity contribution in [2.24, 2.45) is 7.05 Å². The highest BCUT2D eigenvalue weighted by Crippen LogP contribution is 2.23. The maximum atomic E-state index is 9.14. The van der Waals surface area contributed by atoms with Gasteiger partial charge in [0.2, 0.25) is 0 Å². The van der Waals surface area contributed by atoms with E-state index in [9.17, 15) is 0 Å². The van der Waals surface area contributed by atoms with E-state index in [1.165, 1.54) is 0 Å². The first-order chi connectivity index (χ1) is 8.63. The highest BCUT2D eigenvalue weighted by atomic mass is 15.3. The molecule has 0 radical (unpaired) electrons. The summed E-state index contributed by atoms with van der Waals surface area (Å²) in [4.78, 5) is 4.09. The minimum atomic E-state index is 0.0700. The molecule has 0 bridgehead atoms. The number of aryl methyl sites for hydroxylation is 2. The second-order valence-corrected chi connectivity index (χ2v) is 4.20. The van der Waals surface area contributed by atoms with E-state index < -0.39 is 0 Å². The van der Waals surface area contributed by atoms with E-state index in [0.29, 0.717) is 5.56 Å². The summed E-state index contributed by atoms with van der Waals surface area (Å²) in [5.74, 6) is 0.742. The predicted molar refractivity (Wildman–Crippen MR) is 68.9 cm³/mol. The lowest BCUT2D eigenvalue weighted by atomic mass is 10.1. The molecule has 2 rings (SSSR count). The van der Waals surface area contributed by atoms with Crippen LogP contribution in [0.5, 0.6) is 0 Å². The molecule has 5 heteroatoms. The smallest absolute Gasteiger partial charge is 0.142 e. The van der Waals surface area contributed by atoms with Crippen LogP contribution in [-0.2, 0) is 7.05 Å². The Bertz CT molecular complexity index is 579. The number of aromatic nitrogens is 3. The molecule has 1 unspecified atom stereocenters. The lowest BCUT2D eigenvalue weighted by molar-refractivity contribution is 0.741. The molecule has 0 aliphatic heterocycles. The molecule has 0 saturated heterocycles. The van der Waals surface area contributed by atoms with Gasteiger partial charge in [-0.1, -0.05) is 6.07 Å². The molecule has 1 N–H and O–H groups in total. The van der Waals surface area contributed by atoms with Gasteiger partial charge in [-0.3, -0.25) is 9.67 Å². The Balaban J connectivity index is 2.28. The fourth-order valence-electron chi connectivity index (χ4n) is 1.88. The second-order valence-electron chi connectivity index (χ2n) is 4.20. The van der Waals surface area contributed by atoms with Crippen molar-refractivity contribution < 1.29 is 0 Å². The van der Waals surface area contributed by atoms with Crippen LogP contribution in [0.1, 0.15) is 29.8 Å². The van der Waals surface area contributed by atoms with Gasteiger partial charge in [0.25, 0.3) is 0 Å². The summed E-state index contributed by atoms with van der Waals surface area (Å²) in [7, 11) is 1.83. The first-order valence-electron chi connectivity index (χ1n) is 5.73. The van der Waals surface area contributed by atoms with Crippen LogP contribution in [0.15, 0.2) is 24.5 Å². The highest BCUT2D eigenvalue weighted by Gasteiger charge is 2.15. The summed E-state index contributed by atoms with van der Waals surface area (Å²) < 4.78 is 1.70. The number of hydrogen-bond acceptors (Lipinski definition) is 4. The third kappa shape index (κ3) is 2.18. The summed E-state index contributed by atoms with van der Waals surface area (Å²) in [6, 6.07) is 6.15. The minimum Gasteiger partial charge on any atom is -0.363 e. The van der Waals surface area contributed by atoms with E-state index >= 15 is 0 Å². The van der Waals surface area contributed by atoms with Crippen molar-refractivity contribution in [3.8, 4) is 6.07 Å². The molecule has 2 heterocycles. The van der Waals surface area contributed by atoms with Crippen LogP contribution in [0.4, 0.5) is 5.82 Å². The molecule has 0 aromatic carbocycles. The normalized spacial score (nSPS) is 11.9. The van der Waals surface area contributed by atoms with Crippen molar-refractivity contribution in [2.45, 2.75) is 19.9 Å². The molecule has 1 atom stereocenters. The molecule has 0 aliphatic rings. The van der Waals surface area contributed by atoms with Gasteiger partial charge in [0.1, 0.15) is 17.5 Å². The van der Waals surface area contributed by atoms with Crippen molar-refractivity contribution >= 4 is 5.82 Å². The topological polar surface area (TPSA) is 66.5 Å². The van der Waals surface area contributed by atoms with Gasteiger partial charge < -0.3 is 5.32 Å². The number of hydrogen-bond donors (Lipinski definition) is 1. The summed E-state index contributed by atoms with van der Waals surface area (Å²) in [6.45, 7) is 3.86. The molecule has 0 saturated carbocycles. The van der Waals surface area contributed by atoms with Gasteiger partial charge >= 0.3 is 0 Å². The average molecular weight is 241 g/mol. The molecular formula is C13H15N5. The summed E-state index contributed by atoms with van der Waals surface area (Å²) in [6.07, 6.45) is 3.55. The van der Waals surface area contributed by atoms with E-state index in [1.807, 2.05) is 39.2 Å². The summed E-state index contributed by atoms with van der Waals surface area (Å²) in [5.41, 5.74) is 2.40. The number of nitrogens with zero attached hydrogens (tertiary/aromatic N) is 4. The molecule has 2 aromatic heterocycles. The van der Waals surface area contributed by atoms with E-state index in [2.05, 4.69) is 21.5 Å². The monoisotopic (exact) mass is 241 g/mol. The Morgan fingerprint density at radius 1 is 1.50 bits per heavy atom. The van der Waals surface area contributed by atoms with Crippen LogP contribution in [0, 0.1) is 18.3 Å². The van der Waals surface area contributed by atoms with Crippen LogP contribution < -0.4 is 5.32 Å². The van der Waals surface area contributed by atoms with Crippen molar-refractivity contribution in [1.29, 1.82) is 5.26 Å². The fraction of sp³-hybridized carbons (Fsp3) is 0.308. The van der Waals surface area contributed by atoms with Crippen molar-refractivity contribution in [1.82, 2.24) is 14.8 Å². The van der Waals surface area contributed by atoms with Gasteiger partial charge in [-0.25, -0.2) is 0 Å². The Hall–Kier alpha value is -2.35. The van der Waals surface area contributed by atoms with Crippen molar-refractivity contribution in [3.63, 3.8) is 0 Å². The largest absolute Gasteiger partial charge is 0.363 e. The van der Waals surface area contributed by atoms with E-state index in [0.717, 1.165) is 17.1 Å². The molecule has 0 fully saturated rings. The molecule has 92 valence electrons. The third-order valence-electron chi connectivity index (χ3n) is 2.87. The molecule has 18 heavy (non-hydrogen) atoms. The lowest BCUT2D eigenvalue weighted by Crippen LogP contribution is -2.11. The van der Waals surface area contributed by atoms with Gasteiger partial charge in [-0.15, -0.1) is 0 Å². The lowest BCUT2D eigenvalue weighted by Gasteiger charge is -2.15. The number of anilines is 1. The van der Waals surface area contributed by atoms with Crippen LogP contribution in [0.25, 0.3) is 0 Å². The molecule has 2 aromatic rings. The zero-order valence-corrected chi connectivity index (χ0v) is 10.7. The zero-order valence-electron chi connectivity index (χ0n) is 10.7. The molecule has 0 aliphatic carbocycles. The SMILES string of the molecule is Cc1nn(C)c(NC(C)c2cccnc2)c1C#N. The van der Waals surface area contributed by atoms with Crippen molar-refractivity contribution in [3.05, 3.63) is 41.3 Å². The highest BCUT2D eigenvalue weighted by molar-refractivity contribution is 5.55. The Kier molecular flexibility index (Phi) is 3.28. The van der Waals surface area contributed by atoms with Crippen LogP contribution in [-0.4, -0.2) is 14.8 Å². The first-order valence-corrected chi connectivity index (χ1v) is 5.73. The quantitative estimate of drug-likeness (QED) is 0.894. The predicted octanol–water partition coefficient (Wildman–Crippen LogP) is 2.17. The van der Waals surface area contributed by atoms with Gasteiger partial charge in [0.05, 0.1) is 11.7 Å². The van der Waals surface area contributed by atoms with Gasteiger partial charge in [0, 0.05) is 19.4 Å². The number of nitrogens with one attached hydrogen (secondary N) is 1. The number of rotatable bonds is 3. The van der Waals surface area contributed by atoms with Gasteiger partial charge in [-0.05, 0) is 25.5 Å². The van der Waals surface area contributed by atoms with E-state index in [4.69, 9.17) is 5.26 Å². The maximum absolute atomic E-state index is 9.14. The zero-order chi connectivity index (χ0) is 13.1. The first kappa shape index (κ1) is 12.1. The maximum Gasteiger partial charge on any atom is 0.142 e. The van der Waals surface area contributed by atoms with Gasteiger partial charge in [-0.2, -0.15) is 10.4 Å². The Labute approximate surface area is 106 Å². The summed E-state index contributed by atoms with van der Waals surface area (Å²) >= 11 is 0. The molecule has 5 nitrogen and oxygen atoms in total. The molecule has 0 spiro atoms. The molecule has 0 amide bonds. The number of pyridine rings is 1. The Morgan fingerprint density at radius 2 is 2.28 bits per heavy atom. The molecular weight excluding hydrogens is 226 g/mol. The van der Waals surface area contributed by atoms with Crippen molar-refractivity contribution in [2.75, 3.05) is 5.32 Å². The van der Waals surface area contributed by atoms with E-state index in [1.54, 1.807) is 10.9 Å². The van der Waals surface area contributed by atoms with Crippen LogP contribution in [0.2, 0.25) is 0 Å². The summed E-state index contributed by atoms with van der Waals surface area (Å²) in [5, 5.41) is 16.7. The number of nitriles is 1. The van der Waals surface area contributed by atoms with Crippen LogP contribution in [0.3, 0.4) is 0 Å². The average Bonchev–Trinajstić information content (AvgIpc) is 2.64. The van der Waals surface area contributed by atoms with E-state index in [-0.39, 0.29) is 6.04 Å². The van der Waals surface area contributed by atoms with Crippen LogP contribution >= 0.6 is 0 Å². The Morgan fingerprint density at radius 3 is 2.89 bits per heavy atom. The third-order valence-corrected chi connectivity index (χ3v) is 2.87. The second kappa shape index (κ2) is 4.88. The standard InChI is InChI=1S/C13H15N5/c1-9(11-5-4-6-15-8-11)16-13-12(7-14)10(2)17-18(13)3/h4-6,8-9,16H,1-3H3. The fourth-order valence-corrected chi connectivity index (χ4v) is 1.88. The van der Waals surface area contributed by atoms with Gasteiger partial charge in [0.15, 0.2) is 0 Å². The minimum absolute atomic E-state index is 0.0700.